The first-order valence-electron chi connectivity index (χ1n) is 12.1. The van der Waals surface area contributed by atoms with Gasteiger partial charge in [-0.1, -0.05) is 20.3 Å². The van der Waals surface area contributed by atoms with Crippen LogP contribution in [0.2, 0.25) is 0 Å². The van der Waals surface area contributed by atoms with Crippen LogP contribution in [0.1, 0.15) is 71.3 Å². The molecule has 1 aromatic carbocycles. The van der Waals surface area contributed by atoms with E-state index < -0.39 is 11.9 Å². The molecular weight excluding hydrogens is 392 g/mol. The summed E-state index contributed by atoms with van der Waals surface area (Å²) in [4.78, 5) is 0. The summed E-state index contributed by atoms with van der Waals surface area (Å²) >= 11 is 0. The smallest absolute Gasteiger partial charge is 0.160 e. The molecule has 2 bridgehead atoms. The first-order chi connectivity index (χ1) is 14.5. The van der Waals surface area contributed by atoms with Crippen molar-refractivity contribution < 1.29 is 25.2 Å². The van der Waals surface area contributed by atoms with E-state index in [1.807, 2.05) is 6.92 Å². The molecule has 0 radical (unpaired) electrons. The first-order valence-corrected chi connectivity index (χ1v) is 12.1. The van der Waals surface area contributed by atoms with Crippen LogP contribution in [0.3, 0.4) is 0 Å². The number of phenolic OH excluding ortho intramolecular Hbond substituents is 2. The molecule has 1 aliphatic heterocycles. The van der Waals surface area contributed by atoms with Gasteiger partial charge < -0.3 is 25.2 Å². The number of aliphatic hydroxyl groups excluding tert-OH is 1. The van der Waals surface area contributed by atoms with Crippen LogP contribution < -0.4 is 0 Å². The monoisotopic (exact) mass is 430 g/mol. The van der Waals surface area contributed by atoms with Gasteiger partial charge in [0, 0.05) is 10.8 Å². The predicted octanol–water partition coefficient (Wildman–Crippen LogP) is 4.36. The van der Waals surface area contributed by atoms with Crippen molar-refractivity contribution in [1.29, 1.82) is 0 Å². The molecule has 0 aromatic heterocycles. The summed E-state index contributed by atoms with van der Waals surface area (Å²) < 4.78 is 6.06. The topological polar surface area (TPSA) is 90.2 Å². The summed E-state index contributed by atoms with van der Waals surface area (Å²) in [5.41, 5.74) is -0.360. The van der Waals surface area contributed by atoms with Gasteiger partial charge in [0.25, 0.3) is 0 Å². The zero-order valence-electron chi connectivity index (χ0n) is 19.1. The molecule has 4 aliphatic rings. The summed E-state index contributed by atoms with van der Waals surface area (Å²) in [6.45, 7) is 7.13. The van der Waals surface area contributed by atoms with Crippen LogP contribution in [0.25, 0.3) is 0 Å². The van der Waals surface area contributed by atoms with E-state index in [0.29, 0.717) is 30.4 Å². The zero-order valence-corrected chi connectivity index (χ0v) is 19.1. The Bertz CT molecular complexity index is 867. The van der Waals surface area contributed by atoms with Crippen molar-refractivity contribution in [3.05, 3.63) is 23.8 Å². The summed E-state index contributed by atoms with van der Waals surface area (Å²) in [6, 6.07) is 4.68. The van der Waals surface area contributed by atoms with Crippen molar-refractivity contribution in [2.75, 3.05) is 6.61 Å². The van der Waals surface area contributed by atoms with E-state index >= 15 is 0 Å². The number of phenols is 2. The minimum atomic E-state index is -0.834. The minimum absolute atomic E-state index is 0.0261. The number of hydrogen-bond donors (Lipinski definition) is 4. The van der Waals surface area contributed by atoms with Crippen LogP contribution in [0.4, 0.5) is 0 Å². The number of fused-ring (bicyclic) bond motifs is 1. The predicted molar refractivity (Wildman–Crippen MR) is 117 cm³/mol. The third-order valence-electron chi connectivity index (χ3n) is 10.4. The second-order valence-corrected chi connectivity index (χ2v) is 11.9. The Morgan fingerprint density at radius 1 is 0.968 bits per heavy atom. The minimum Gasteiger partial charge on any atom is -0.508 e. The van der Waals surface area contributed by atoms with E-state index in [4.69, 9.17) is 4.74 Å². The summed E-state index contributed by atoms with van der Waals surface area (Å²) in [5.74, 6) is 1.16. The Balaban J connectivity index is 1.55. The molecular formula is C26H38O5. The van der Waals surface area contributed by atoms with Crippen molar-refractivity contribution >= 4 is 0 Å². The maximum Gasteiger partial charge on any atom is 0.160 e. The molecule has 172 valence electrons. The standard InChI is InChI=1S/C26H38O5/c1-23-11-7-20-24(2)9-4-10-26(20,15-31-22(24)29)19(23)8-12-25(3,30)21(23)14-16-13-17(27)5-6-18(16)28/h5-6,13,19-22,27-30H,4,7-12,14-15H2,1-3H3/t19?,20-,21-,22-,23+,24?,25-,26-/m0/s1. The van der Waals surface area contributed by atoms with Crippen molar-refractivity contribution in [1.82, 2.24) is 0 Å². The highest BCUT2D eigenvalue weighted by Gasteiger charge is 2.69. The van der Waals surface area contributed by atoms with E-state index in [2.05, 4.69) is 13.8 Å². The molecule has 4 fully saturated rings. The van der Waals surface area contributed by atoms with Crippen LogP contribution in [0.5, 0.6) is 11.5 Å². The number of aliphatic hydroxyl groups is 2. The van der Waals surface area contributed by atoms with Gasteiger partial charge in [0.15, 0.2) is 6.29 Å². The fourth-order valence-electron chi connectivity index (χ4n) is 8.88. The molecule has 3 aliphatic carbocycles. The number of hydrogen-bond acceptors (Lipinski definition) is 5. The van der Waals surface area contributed by atoms with Gasteiger partial charge >= 0.3 is 0 Å². The van der Waals surface area contributed by atoms with E-state index in [1.165, 1.54) is 6.07 Å². The second kappa shape index (κ2) is 6.85. The highest BCUT2D eigenvalue weighted by molar-refractivity contribution is 5.39. The second-order valence-electron chi connectivity index (χ2n) is 11.9. The third kappa shape index (κ3) is 2.92. The molecule has 5 rings (SSSR count). The molecule has 1 aromatic rings. The summed E-state index contributed by atoms with van der Waals surface area (Å²) in [5, 5.41) is 42.8. The van der Waals surface area contributed by atoms with Gasteiger partial charge in [-0.25, -0.2) is 0 Å². The molecule has 2 unspecified atom stereocenters. The normalized spacial score (nSPS) is 49.2. The molecule has 31 heavy (non-hydrogen) atoms. The fraction of sp³-hybridized carbons (Fsp3) is 0.769. The van der Waals surface area contributed by atoms with Gasteiger partial charge in [0.05, 0.1) is 12.2 Å². The molecule has 1 saturated heterocycles. The molecule has 5 heteroatoms. The molecule has 8 atom stereocenters. The Morgan fingerprint density at radius 2 is 1.68 bits per heavy atom. The van der Waals surface area contributed by atoms with E-state index in [0.717, 1.165) is 44.9 Å². The largest absolute Gasteiger partial charge is 0.508 e. The van der Waals surface area contributed by atoms with Crippen molar-refractivity contribution in [2.45, 2.75) is 84.0 Å². The number of benzene rings is 1. The van der Waals surface area contributed by atoms with E-state index in [9.17, 15) is 20.4 Å². The van der Waals surface area contributed by atoms with Crippen molar-refractivity contribution in [2.24, 2.45) is 34.0 Å². The molecule has 0 spiro atoms. The highest BCUT2D eigenvalue weighted by Crippen LogP contribution is 2.72. The van der Waals surface area contributed by atoms with Crippen LogP contribution >= 0.6 is 0 Å². The average Bonchev–Trinajstić information content (AvgIpc) is 2.70. The number of ether oxygens (including phenoxy) is 1. The van der Waals surface area contributed by atoms with Gasteiger partial charge in [0.2, 0.25) is 0 Å². The Labute approximate surface area is 185 Å². The molecule has 1 heterocycles. The lowest BCUT2D eigenvalue weighted by atomic mass is 9.37. The van der Waals surface area contributed by atoms with Crippen LogP contribution in [-0.4, -0.2) is 38.9 Å². The number of aromatic hydroxyl groups is 2. The SMILES string of the molecule is CC12CCC[C@]3(CO[C@@H]1O)C1CC[C@](C)(O)[C@@H](Cc4cc(O)ccc4O)[C@]1(C)CC[C@@H]23. The highest BCUT2D eigenvalue weighted by atomic mass is 16.6. The summed E-state index contributed by atoms with van der Waals surface area (Å²) in [6.07, 6.45) is 6.88. The lowest BCUT2D eigenvalue weighted by Gasteiger charge is -2.70. The van der Waals surface area contributed by atoms with Gasteiger partial charge in [0.1, 0.15) is 11.5 Å². The Morgan fingerprint density at radius 3 is 2.45 bits per heavy atom. The summed E-state index contributed by atoms with van der Waals surface area (Å²) in [7, 11) is 0. The Hall–Kier alpha value is -1.30. The maximum absolute atomic E-state index is 11.6. The first kappa shape index (κ1) is 21.5. The van der Waals surface area contributed by atoms with Crippen LogP contribution in [-0.2, 0) is 11.2 Å². The van der Waals surface area contributed by atoms with Gasteiger partial charge in [-0.2, -0.15) is 0 Å². The van der Waals surface area contributed by atoms with Gasteiger partial charge in [-0.3, -0.25) is 0 Å². The van der Waals surface area contributed by atoms with Crippen molar-refractivity contribution in [3.8, 4) is 11.5 Å². The van der Waals surface area contributed by atoms with E-state index in [1.54, 1.807) is 12.1 Å². The lowest BCUT2D eigenvalue weighted by molar-refractivity contribution is -0.327. The Kier molecular flexibility index (Phi) is 4.76. The molecule has 5 nitrogen and oxygen atoms in total. The third-order valence-corrected chi connectivity index (χ3v) is 10.4. The average molecular weight is 431 g/mol. The van der Waals surface area contributed by atoms with Crippen LogP contribution in [0.15, 0.2) is 18.2 Å². The lowest BCUT2D eigenvalue weighted by Crippen LogP contribution is -2.68. The maximum atomic E-state index is 11.6. The number of rotatable bonds is 2. The zero-order chi connectivity index (χ0) is 22.2. The van der Waals surface area contributed by atoms with E-state index in [-0.39, 0.29) is 33.7 Å². The van der Waals surface area contributed by atoms with Crippen LogP contribution in [0, 0.1) is 34.0 Å². The fourth-order valence-corrected chi connectivity index (χ4v) is 8.88. The van der Waals surface area contributed by atoms with Gasteiger partial charge in [-0.15, -0.1) is 0 Å². The molecule has 3 saturated carbocycles. The molecule has 0 amide bonds. The van der Waals surface area contributed by atoms with Crippen molar-refractivity contribution in [3.63, 3.8) is 0 Å². The van der Waals surface area contributed by atoms with Gasteiger partial charge in [-0.05, 0) is 98.8 Å². The quantitative estimate of drug-likeness (QED) is 0.524. The molecule has 4 N–H and O–H groups in total.